The van der Waals surface area contributed by atoms with Crippen molar-refractivity contribution in [3.63, 3.8) is 0 Å². The highest BCUT2D eigenvalue weighted by Crippen LogP contribution is 2.38. The van der Waals surface area contributed by atoms with E-state index in [0.717, 1.165) is 0 Å². The Hall–Kier alpha value is 0.0300. The van der Waals surface area contributed by atoms with E-state index in [-0.39, 0.29) is 13.0 Å². The lowest BCUT2D eigenvalue weighted by molar-refractivity contribution is -0.873. The third kappa shape index (κ3) is 8.62. The zero-order chi connectivity index (χ0) is 11.4. The molecule has 0 rings (SSSR count). The zero-order valence-electron chi connectivity index (χ0n) is 8.75. The van der Waals surface area contributed by atoms with Gasteiger partial charge in [-0.3, -0.25) is 4.52 Å². The molecule has 0 saturated heterocycles. The minimum Gasteiger partial charge on any atom is -0.396 e. The van der Waals surface area contributed by atoms with Gasteiger partial charge >= 0.3 is 7.82 Å². The van der Waals surface area contributed by atoms with Crippen molar-refractivity contribution >= 4 is 7.82 Å². The molecular weight excluding hydrogens is 209 g/mol. The second kappa shape index (κ2) is 5.21. The normalized spacial score (nSPS) is 15.6. The fourth-order valence-corrected chi connectivity index (χ4v) is 1.69. The second-order valence-electron chi connectivity index (χ2n) is 4.20. The lowest BCUT2D eigenvalue weighted by Gasteiger charge is -2.28. The highest BCUT2D eigenvalue weighted by atomic mass is 31.2. The molecule has 7 heteroatoms. The molecule has 1 atom stereocenters. The smallest absolute Gasteiger partial charge is 0.396 e. The van der Waals surface area contributed by atoms with Gasteiger partial charge in [0.1, 0.15) is 12.6 Å². The first kappa shape index (κ1) is 14.0. The monoisotopic (exact) mass is 228 g/mol. The summed E-state index contributed by atoms with van der Waals surface area (Å²) in [6.45, 7) is 0.288. The van der Waals surface area contributed by atoms with Crippen molar-refractivity contribution in [2.24, 2.45) is 0 Å². The van der Waals surface area contributed by atoms with Crippen LogP contribution in [0.5, 0.6) is 0 Å². The summed E-state index contributed by atoms with van der Waals surface area (Å²) in [4.78, 5) is 17.2. The molecule has 0 amide bonds. The maximum absolute atomic E-state index is 10.6. The summed E-state index contributed by atoms with van der Waals surface area (Å²) in [5.41, 5.74) is 0. The maximum atomic E-state index is 10.6. The van der Waals surface area contributed by atoms with Gasteiger partial charge in [0, 0.05) is 13.0 Å². The van der Waals surface area contributed by atoms with Gasteiger partial charge in [0.2, 0.25) is 0 Å². The van der Waals surface area contributed by atoms with E-state index < -0.39 is 13.9 Å². The summed E-state index contributed by atoms with van der Waals surface area (Å²) < 4.78 is 15.6. The highest BCUT2D eigenvalue weighted by Gasteiger charge is 2.26. The number of quaternary nitrogens is 1. The van der Waals surface area contributed by atoms with E-state index in [9.17, 15) is 4.57 Å². The average Bonchev–Trinajstić information content (AvgIpc) is 1.78. The van der Waals surface area contributed by atoms with E-state index in [2.05, 4.69) is 4.52 Å². The average molecular weight is 228 g/mol. The Kier molecular flexibility index (Phi) is 5.22. The van der Waals surface area contributed by atoms with Crippen molar-refractivity contribution < 1.29 is 28.5 Å². The fourth-order valence-electron chi connectivity index (χ4n) is 1.13. The van der Waals surface area contributed by atoms with Gasteiger partial charge in [-0.2, -0.15) is 0 Å². The predicted molar refractivity (Wildman–Crippen MR) is 51.5 cm³/mol. The Morgan fingerprint density at radius 3 is 2.14 bits per heavy atom. The summed E-state index contributed by atoms with van der Waals surface area (Å²) in [6.07, 6.45) is -0.401. The second-order valence-corrected chi connectivity index (χ2v) is 5.40. The lowest BCUT2D eigenvalue weighted by atomic mass is 10.2. The predicted octanol–water partition coefficient (Wildman–Crippen LogP) is -0.447. The third-order valence-electron chi connectivity index (χ3n) is 1.49. The Morgan fingerprint density at radius 1 is 1.36 bits per heavy atom. The molecule has 0 aromatic carbocycles. The van der Waals surface area contributed by atoms with E-state index in [1.165, 1.54) is 0 Å². The molecule has 86 valence electrons. The first-order valence-corrected chi connectivity index (χ1v) is 5.82. The van der Waals surface area contributed by atoms with E-state index in [0.29, 0.717) is 11.0 Å². The number of likely N-dealkylation sites (N-methyl/N-ethyl adjacent to an activating group) is 1. The van der Waals surface area contributed by atoms with E-state index in [4.69, 9.17) is 14.9 Å². The fraction of sp³-hybridized carbons (Fsp3) is 1.00. The molecule has 0 fully saturated rings. The number of hydrogen-bond acceptors (Lipinski definition) is 3. The summed E-state index contributed by atoms with van der Waals surface area (Å²) in [5.74, 6) is 0. The molecule has 0 aliphatic carbocycles. The largest absolute Gasteiger partial charge is 0.470 e. The Bertz CT molecular complexity index is 209. The van der Waals surface area contributed by atoms with Crippen molar-refractivity contribution in [3.05, 3.63) is 0 Å². The minimum atomic E-state index is -4.46. The van der Waals surface area contributed by atoms with Crippen LogP contribution in [-0.2, 0) is 9.09 Å². The quantitative estimate of drug-likeness (QED) is 0.423. The number of hydrogen-bond donors (Lipinski definition) is 3. The van der Waals surface area contributed by atoms with Gasteiger partial charge in [-0.1, -0.05) is 0 Å². The van der Waals surface area contributed by atoms with E-state index >= 15 is 0 Å². The molecule has 0 aliphatic heterocycles. The van der Waals surface area contributed by atoms with Crippen LogP contribution in [0, 0.1) is 0 Å². The highest BCUT2D eigenvalue weighted by molar-refractivity contribution is 7.46. The summed E-state index contributed by atoms with van der Waals surface area (Å²) in [6, 6.07) is 0. The molecule has 0 aromatic heterocycles. The van der Waals surface area contributed by atoms with Gasteiger partial charge in [0.15, 0.2) is 0 Å². The van der Waals surface area contributed by atoms with Crippen LogP contribution in [0.4, 0.5) is 0 Å². The summed E-state index contributed by atoms with van der Waals surface area (Å²) in [5, 5.41) is 8.69. The van der Waals surface area contributed by atoms with E-state index in [1.54, 1.807) is 0 Å². The maximum Gasteiger partial charge on any atom is 0.470 e. The molecule has 0 aromatic rings. The van der Waals surface area contributed by atoms with Crippen LogP contribution in [0.2, 0.25) is 0 Å². The van der Waals surface area contributed by atoms with Crippen LogP contribution in [0.3, 0.4) is 0 Å². The SMILES string of the molecule is C[N+](C)(C)C[C@H](CCO)OP(=O)(O)O. The van der Waals surface area contributed by atoms with Gasteiger partial charge in [-0.15, -0.1) is 0 Å². The Morgan fingerprint density at radius 2 is 1.86 bits per heavy atom. The summed E-state index contributed by atoms with van der Waals surface area (Å²) in [7, 11) is 1.19. The molecule has 3 N–H and O–H groups in total. The number of nitrogens with zero attached hydrogens (tertiary/aromatic N) is 1. The zero-order valence-corrected chi connectivity index (χ0v) is 9.65. The number of aliphatic hydroxyl groups excluding tert-OH is 1. The molecule has 0 bridgehead atoms. The van der Waals surface area contributed by atoms with Crippen molar-refractivity contribution in [3.8, 4) is 0 Å². The van der Waals surface area contributed by atoms with Crippen LogP contribution in [0.1, 0.15) is 6.42 Å². The van der Waals surface area contributed by atoms with Gasteiger partial charge in [0.05, 0.1) is 21.1 Å². The first-order valence-electron chi connectivity index (χ1n) is 4.29. The van der Waals surface area contributed by atoms with Crippen LogP contribution in [-0.4, -0.2) is 59.8 Å². The van der Waals surface area contributed by atoms with Crippen LogP contribution in [0.15, 0.2) is 0 Å². The topological polar surface area (TPSA) is 87.0 Å². The van der Waals surface area contributed by atoms with Crippen molar-refractivity contribution in [2.45, 2.75) is 12.5 Å². The minimum absolute atomic E-state index is 0.148. The molecule has 0 radical (unpaired) electrons. The number of phosphoric acid groups is 1. The third-order valence-corrected chi connectivity index (χ3v) is 2.06. The molecule has 0 heterocycles. The van der Waals surface area contributed by atoms with Gasteiger partial charge in [-0.25, -0.2) is 4.57 Å². The lowest BCUT2D eigenvalue weighted by Crippen LogP contribution is -2.42. The Balaban J connectivity index is 4.23. The van der Waals surface area contributed by atoms with Crippen LogP contribution in [0.25, 0.3) is 0 Å². The van der Waals surface area contributed by atoms with Crippen molar-refractivity contribution in [1.82, 2.24) is 0 Å². The number of phosphoric ester groups is 1. The van der Waals surface area contributed by atoms with Crippen LogP contribution < -0.4 is 0 Å². The molecule has 0 spiro atoms. The van der Waals surface area contributed by atoms with Gasteiger partial charge in [-0.05, 0) is 0 Å². The molecule has 0 aliphatic rings. The number of aliphatic hydroxyl groups is 1. The van der Waals surface area contributed by atoms with Gasteiger partial charge < -0.3 is 19.4 Å². The number of rotatable bonds is 6. The Labute approximate surface area is 83.9 Å². The van der Waals surface area contributed by atoms with Crippen molar-refractivity contribution in [2.75, 3.05) is 34.3 Å². The van der Waals surface area contributed by atoms with Gasteiger partial charge in [0.25, 0.3) is 0 Å². The van der Waals surface area contributed by atoms with Crippen molar-refractivity contribution in [1.29, 1.82) is 0 Å². The van der Waals surface area contributed by atoms with E-state index in [1.807, 2.05) is 21.1 Å². The molecule has 14 heavy (non-hydrogen) atoms. The summed E-state index contributed by atoms with van der Waals surface area (Å²) >= 11 is 0. The molecule has 0 saturated carbocycles. The first-order chi connectivity index (χ1) is 6.14. The molecular formula is C7H19NO5P+. The van der Waals surface area contributed by atoms with Crippen LogP contribution >= 0.6 is 7.82 Å². The standard InChI is InChI=1S/C7H18NO5P/c1-8(2,3)6-7(4-5-9)13-14(10,11)12/h7,9H,4-6H2,1-3H3,(H-,10,11,12)/p+1/t7-/m0/s1. The molecule has 0 unspecified atom stereocenters. The molecule has 6 nitrogen and oxygen atoms in total.